The Morgan fingerprint density at radius 3 is 2.47 bits per heavy atom. The Morgan fingerprint density at radius 1 is 1.16 bits per heavy atom. The van der Waals surface area contributed by atoms with Crippen molar-refractivity contribution in [1.82, 2.24) is 4.98 Å². The van der Waals surface area contributed by atoms with Gasteiger partial charge in [-0.1, -0.05) is 51.0 Å². The predicted molar refractivity (Wildman–Crippen MR) is 85.8 cm³/mol. The van der Waals surface area contributed by atoms with Gasteiger partial charge in [0.25, 0.3) is 0 Å². The van der Waals surface area contributed by atoms with Gasteiger partial charge in [-0.25, -0.2) is 0 Å². The predicted octanol–water partition coefficient (Wildman–Crippen LogP) is 3.90. The number of aromatic nitrogens is 1. The van der Waals surface area contributed by atoms with Gasteiger partial charge in [0.1, 0.15) is 0 Å². The molecule has 19 heavy (non-hydrogen) atoms. The summed E-state index contributed by atoms with van der Waals surface area (Å²) in [5, 5.41) is 1.56. The van der Waals surface area contributed by atoms with Crippen LogP contribution in [-0.4, -0.2) is 20.2 Å². The second-order valence-corrected chi connectivity index (χ2v) is 11.3. The van der Waals surface area contributed by atoms with E-state index in [0.717, 1.165) is 12.1 Å². The van der Waals surface area contributed by atoms with Crippen molar-refractivity contribution < 1.29 is 4.74 Å². The standard InChI is InChI=1S/C16H29NOSi/c1-6-7-8-9-10-14-15(13-18-2)17-12-11-16(14)19(3,4)5/h11-12H,6-10,13H2,1-5H3. The number of hydrogen-bond donors (Lipinski definition) is 0. The van der Waals surface area contributed by atoms with Gasteiger partial charge in [0.05, 0.1) is 20.4 Å². The molecule has 1 aromatic rings. The molecule has 1 heterocycles. The van der Waals surface area contributed by atoms with E-state index in [4.69, 9.17) is 4.74 Å². The van der Waals surface area contributed by atoms with Crippen molar-refractivity contribution in [2.24, 2.45) is 0 Å². The van der Waals surface area contributed by atoms with Crippen molar-refractivity contribution in [3.05, 3.63) is 23.5 Å². The lowest BCUT2D eigenvalue weighted by molar-refractivity contribution is 0.180. The summed E-state index contributed by atoms with van der Waals surface area (Å²) in [5.74, 6) is 0. The van der Waals surface area contributed by atoms with E-state index in [9.17, 15) is 0 Å². The molecular weight excluding hydrogens is 250 g/mol. The van der Waals surface area contributed by atoms with E-state index in [1.165, 1.54) is 31.2 Å². The first-order valence-corrected chi connectivity index (χ1v) is 11.0. The molecule has 1 aromatic heterocycles. The van der Waals surface area contributed by atoms with Crippen molar-refractivity contribution in [2.75, 3.05) is 7.11 Å². The first-order chi connectivity index (χ1) is 9.00. The molecule has 0 aliphatic carbocycles. The Labute approximate surface area is 119 Å². The van der Waals surface area contributed by atoms with Gasteiger partial charge in [0.15, 0.2) is 0 Å². The Bertz CT molecular complexity index is 385. The fourth-order valence-corrected chi connectivity index (χ4v) is 4.26. The molecule has 0 bridgehead atoms. The molecule has 0 fully saturated rings. The normalized spacial score (nSPS) is 11.8. The van der Waals surface area contributed by atoms with Gasteiger partial charge in [-0.2, -0.15) is 0 Å². The van der Waals surface area contributed by atoms with Crippen LogP contribution in [0.4, 0.5) is 0 Å². The molecule has 0 aliphatic rings. The third kappa shape index (κ3) is 5.07. The summed E-state index contributed by atoms with van der Waals surface area (Å²) < 4.78 is 5.32. The summed E-state index contributed by atoms with van der Waals surface area (Å²) in [6.07, 6.45) is 8.33. The zero-order chi connectivity index (χ0) is 14.3. The van der Waals surface area contributed by atoms with Crippen LogP contribution in [0.1, 0.15) is 43.9 Å². The van der Waals surface area contributed by atoms with Crippen molar-refractivity contribution in [2.45, 2.75) is 65.3 Å². The van der Waals surface area contributed by atoms with Gasteiger partial charge < -0.3 is 4.74 Å². The number of pyridine rings is 1. The molecule has 0 spiro atoms. The first-order valence-electron chi connectivity index (χ1n) is 7.46. The summed E-state index contributed by atoms with van der Waals surface area (Å²) in [4.78, 5) is 4.54. The molecule has 0 saturated heterocycles. The highest BCUT2D eigenvalue weighted by Crippen LogP contribution is 2.15. The second-order valence-electron chi connectivity index (χ2n) is 6.28. The van der Waals surface area contributed by atoms with Crippen LogP contribution in [-0.2, 0) is 17.8 Å². The second kappa shape index (κ2) is 7.80. The minimum Gasteiger partial charge on any atom is -0.378 e. The molecule has 3 heteroatoms. The Morgan fingerprint density at radius 2 is 1.89 bits per heavy atom. The Kier molecular flexibility index (Phi) is 6.73. The highest BCUT2D eigenvalue weighted by Gasteiger charge is 2.22. The zero-order valence-corrected chi connectivity index (χ0v) is 14.3. The van der Waals surface area contributed by atoms with Crippen LogP contribution in [0, 0.1) is 0 Å². The lowest BCUT2D eigenvalue weighted by Gasteiger charge is -2.23. The van der Waals surface area contributed by atoms with E-state index >= 15 is 0 Å². The van der Waals surface area contributed by atoms with E-state index in [2.05, 4.69) is 37.6 Å². The van der Waals surface area contributed by atoms with Gasteiger partial charge in [-0.3, -0.25) is 4.98 Å². The number of nitrogens with zero attached hydrogens (tertiary/aromatic N) is 1. The van der Waals surface area contributed by atoms with Gasteiger partial charge in [-0.05, 0) is 24.5 Å². The number of hydrogen-bond acceptors (Lipinski definition) is 2. The van der Waals surface area contributed by atoms with E-state index in [1.54, 1.807) is 12.3 Å². The Balaban J connectivity index is 2.94. The largest absolute Gasteiger partial charge is 0.378 e. The number of ether oxygens (including phenoxy) is 1. The van der Waals surface area contributed by atoms with Crippen LogP contribution in [0.2, 0.25) is 19.6 Å². The molecule has 108 valence electrons. The third-order valence-corrected chi connectivity index (χ3v) is 5.60. The molecule has 0 aromatic carbocycles. The monoisotopic (exact) mass is 279 g/mol. The van der Waals surface area contributed by atoms with Gasteiger partial charge in [0, 0.05) is 13.3 Å². The average Bonchev–Trinajstić information content (AvgIpc) is 2.35. The maximum absolute atomic E-state index is 5.32. The molecule has 0 saturated carbocycles. The molecule has 0 atom stereocenters. The molecule has 0 unspecified atom stereocenters. The summed E-state index contributed by atoms with van der Waals surface area (Å²) in [6, 6.07) is 2.24. The van der Waals surface area contributed by atoms with Crippen LogP contribution in [0.25, 0.3) is 0 Å². The Hall–Kier alpha value is -0.673. The number of methoxy groups -OCH3 is 1. The van der Waals surface area contributed by atoms with Crippen LogP contribution in [0.3, 0.4) is 0 Å². The molecule has 0 aliphatic heterocycles. The summed E-state index contributed by atoms with van der Waals surface area (Å²) >= 11 is 0. The summed E-state index contributed by atoms with van der Waals surface area (Å²) in [6.45, 7) is 10.1. The van der Waals surface area contributed by atoms with Crippen LogP contribution < -0.4 is 5.19 Å². The first kappa shape index (κ1) is 16.4. The number of rotatable bonds is 8. The van der Waals surface area contributed by atoms with Crippen molar-refractivity contribution >= 4 is 13.3 Å². The topological polar surface area (TPSA) is 22.1 Å². The van der Waals surface area contributed by atoms with Crippen LogP contribution in [0.15, 0.2) is 12.3 Å². The molecule has 0 radical (unpaired) electrons. The van der Waals surface area contributed by atoms with E-state index in [-0.39, 0.29) is 0 Å². The van der Waals surface area contributed by atoms with E-state index in [1.807, 2.05) is 6.20 Å². The van der Waals surface area contributed by atoms with Gasteiger partial charge >= 0.3 is 0 Å². The lowest BCUT2D eigenvalue weighted by Crippen LogP contribution is -2.41. The maximum atomic E-state index is 5.32. The molecule has 0 amide bonds. The van der Waals surface area contributed by atoms with Crippen LogP contribution >= 0.6 is 0 Å². The average molecular weight is 280 g/mol. The number of unbranched alkanes of at least 4 members (excludes halogenated alkanes) is 3. The minimum atomic E-state index is -1.30. The smallest absolute Gasteiger partial charge is 0.0886 e. The van der Waals surface area contributed by atoms with Crippen molar-refractivity contribution in [1.29, 1.82) is 0 Å². The molecule has 2 nitrogen and oxygen atoms in total. The minimum absolute atomic E-state index is 0.640. The maximum Gasteiger partial charge on any atom is 0.0886 e. The third-order valence-electron chi connectivity index (χ3n) is 3.51. The van der Waals surface area contributed by atoms with Gasteiger partial charge in [-0.15, -0.1) is 0 Å². The lowest BCUT2D eigenvalue weighted by atomic mass is 10.0. The fourth-order valence-electron chi connectivity index (χ4n) is 2.51. The molecule has 1 rings (SSSR count). The fraction of sp³-hybridized carbons (Fsp3) is 0.688. The van der Waals surface area contributed by atoms with Crippen molar-refractivity contribution in [3.8, 4) is 0 Å². The highest BCUT2D eigenvalue weighted by atomic mass is 28.3. The quantitative estimate of drug-likeness (QED) is 0.532. The summed E-state index contributed by atoms with van der Waals surface area (Å²) in [5.41, 5.74) is 2.62. The molecular formula is C16H29NOSi. The van der Waals surface area contributed by atoms with E-state index < -0.39 is 8.07 Å². The highest BCUT2D eigenvalue weighted by molar-refractivity contribution is 6.89. The van der Waals surface area contributed by atoms with E-state index in [0.29, 0.717) is 6.61 Å². The summed E-state index contributed by atoms with van der Waals surface area (Å²) in [7, 11) is 0.451. The van der Waals surface area contributed by atoms with Crippen LogP contribution in [0.5, 0.6) is 0 Å². The van der Waals surface area contributed by atoms with Gasteiger partial charge in [0.2, 0.25) is 0 Å². The SMILES string of the molecule is CCCCCCc1c([Si](C)(C)C)ccnc1COC. The zero-order valence-electron chi connectivity index (χ0n) is 13.3. The molecule has 0 N–H and O–H groups in total. The van der Waals surface area contributed by atoms with Crippen molar-refractivity contribution in [3.63, 3.8) is 0 Å².